The molecule has 0 aliphatic carbocycles. The molecule has 0 spiro atoms. The summed E-state index contributed by atoms with van der Waals surface area (Å²) in [5, 5.41) is 14.8. The molecule has 0 unspecified atom stereocenters. The number of ether oxygens (including phenoxy) is 1. The van der Waals surface area contributed by atoms with Gasteiger partial charge >= 0.3 is 11.8 Å². The van der Waals surface area contributed by atoms with E-state index in [-0.39, 0.29) is 12.6 Å². The van der Waals surface area contributed by atoms with Gasteiger partial charge in [-0.2, -0.15) is 0 Å². The van der Waals surface area contributed by atoms with E-state index in [0.717, 1.165) is 12.8 Å². The van der Waals surface area contributed by atoms with Crippen molar-refractivity contribution in [3.8, 4) is 0 Å². The van der Waals surface area contributed by atoms with Crippen LogP contribution in [0.15, 0.2) is 23.0 Å². The fourth-order valence-electron chi connectivity index (χ4n) is 2.13. The van der Waals surface area contributed by atoms with Crippen LogP contribution in [0.1, 0.15) is 30.9 Å². The topological polar surface area (TPSA) is 101 Å². The van der Waals surface area contributed by atoms with Gasteiger partial charge in [0, 0.05) is 25.3 Å². The average Bonchev–Trinajstić information content (AvgIpc) is 3.17. The van der Waals surface area contributed by atoms with Crippen LogP contribution in [0.25, 0.3) is 0 Å². The number of rotatable bonds is 6. The number of hydrogen-bond acceptors (Lipinski definition) is 5. The minimum atomic E-state index is -0.723. The molecule has 0 bridgehead atoms. The van der Waals surface area contributed by atoms with Gasteiger partial charge in [-0.1, -0.05) is 0 Å². The molecule has 2 heterocycles. The summed E-state index contributed by atoms with van der Waals surface area (Å²) in [5.74, 6) is -1.38. The standard InChI is InChI=1S/C14H20N2O5/c17-12(10-4-7-20-9-10)3-5-15-13(18)14(19)16-8-11-2-1-6-21-11/h4,7,9,11-12,17H,1-3,5-6,8H2,(H,15,18)(H,16,19)/t11-,12+/m1/s1. The molecule has 7 heteroatoms. The van der Waals surface area contributed by atoms with Crippen molar-refractivity contribution in [2.75, 3.05) is 19.7 Å². The van der Waals surface area contributed by atoms with Crippen molar-refractivity contribution >= 4 is 11.8 Å². The molecule has 21 heavy (non-hydrogen) atoms. The van der Waals surface area contributed by atoms with E-state index in [1.807, 2.05) is 0 Å². The van der Waals surface area contributed by atoms with Gasteiger partial charge in [-0.25, -0.2) is 0 Å². The number of hydrogen-bond donors (Lipinski definition) is 3. The van der Waals surface area contributed by atoms with E-state index in [1.165, 1.54) is 12.5 Å². The lowest BCUT2D eigenvalue weighted by Crippen LogP contribution is -2.43. The summed E-state index contributed by atoms with van der Waals surface area (Å²) in [5.41, 5.74) is 0.645. The first-order valence-electron chi connectivity index (χ1n) is 7.04. The van der Waals surface area contributed by atoms with Gasteiger partial charge in [0.15, 0.2) is 0 Å². The van der Waals surface area contributed by atoms with Gasteiger partial charge in [0.2, 0.25) is 0 Å². The number of carbonyl (C=O) groups excluding carboxylic acids is 2. The maximum atomic E-state index is 11.6. The van der Waals surface area contributed by atoms with Crippen molar-refractivity contribution < 1.29 is 23.8 Å². The van der Waals surface area contributed by atoms with Gasteiger partial charge in [-0.3, -0.25) is 9.59 Å². The number of carbonyl (C=O) groups is 2. The normalized spacial score (nSPS) is 19.2. The van der Waals surface area contributed by atoms with E-state index >= 15 is 0 Å². The van der Waals surface area contributed by atoms with Crippen molar-refractivity contribution in [1.82, 2.24) is 10.6 Å². The smallest absolute Gasteiger partial charge is 0.309 e. The van der Waals surface area contributed by atoms with Crippen LogP contribution < -0.4 is 10.6 Å². The van der Waals surface area contributed by atoms with Gasteiger partial charge < -0.3 is 24.9 Å². The highest BCUT2D eigenvalue weighted by Crippen LogP contribution is 2.15. The minimum absolute atomic E-state index is 0.00432. The lowest BCUT2D eigenvalue weighted by Gasteiger charge is -2.11. The lowest BCUT2D eigenvalue weighted by atomic mass is 10.1. The maximum absolute atomic E-state index is 11.6. The Bertz CT molecular complexity index is 454. The van der Waals surface area contributed by atoms with Gasteiger partial charge in [0.05, 0.1) is 24.7 Å². The van der Waals surface area contributed by atoms with Crippen LogP contribution in [0.4, 0.5) is 0 Å². The van der Waals surface area contributed by atoms with Crippen molar-refractivity contribution in [3.05, 3.63) is 24.2 Å². The Balaban J connectivity index is 1.60. The monoisotopic (exact) mass is 296 g/mol. The highest BCUT2D eigenvalue weighted by atomic mass is 16.5. The molecule has 1 saturated heterocycles. The van der Waals surface area contributed by atoms with Crippen LogP contribution in [0.2, 0.25) is 0 Å². The van der Waals surface area contributed by atoms with E-state index in [9.17, 15) is 14.7 Å². The number of amides is 2. The number of aliphatic hydroxyl groups is 1. The zero-order valence-corrected chi connectivity index (χ0v) is 11.7. The Kier molecular flexibility index (Phi) is 5.77. The third kappa shape index (κ3) is 4.87. The Morgan fingerprint density at radius 3 is 2.86 bits per heavy atom. The second-order valence-corrected chi connectivity index (χ2v) is 4.96. The first-order valence-corrected chi connectivity index (χ1v) is 7.04. The molecule has 116 valence electrons. The van der Waals surface area contributed by atoms with Gasteiger partial charge in [-0.15, -0.1) is 0 Å². The minimum Gasteiger partial charge on any atom is -0.472 e. The molecule has 1 aliphatic heterocycles. The highest BCUT2D eigenvalue weighted by molar-refractivity contribution is 6.35. The fraction of sp³-hybridized carbons (Fsp3) is 0.571. The summed E-state index contributed by atoms with van der Waals surface area (Å²) < 4.78 is 10.2. The second-order valence-electron chi connectivity index (χ2n) is 4.96. The predicted octanol–water partition coefficient (Wildman–Crippen LogP) is 0.114. The van der Waals surface area contributed by atoms with Crippen LogP contribution >= 0.6 is 0 Å². The van der Waals surface area contributed by atoms with Crippen molar-refractivity contribution in [2.45, 2.75) is 31.5 Å². The second kappa shape index (κ2) is 7.80. The number of aliphatic hydroxyl groups excluding tert-OH is 1. The molecular formula is C14H20N2O5. The lowest BCUT2D eigenvalue weighted by molar-refractivity contribution is -0.139. The SMILES string of the molecule is O=C(NCC[C@H](O)c1ccoc1)C(=O)NC[C@H]1CCCO1. The molecule has 1 fully saturated rings. The average molecular weight is 296 g/mol. The van der Waals surface area contributed by atoms with Crippen LogP contribution in [0.5, 0.6) is 0 Å². The zero-order chi connectivity index (χ0) is 15.1. The zero-order valence-electron chi connectivity index (χ0n) is 11.7. The van der Waals surface area contributed by atoms with Crippen LogP contribution in [0, 0.1) is 0 Å². The molecular weight excluding hydrogens is 276 g/mol. The number of furan rings is 1. The van der Waals surface area contributed by atoms with Gasteiger partial charge in [0.1, 0.15) is 0 Å². The summed E-state index contributed by atoms with van der Waals surface area (Å²) in [6, 6.07) is 1.65. The van der Waals surface area contributed by atoms with E-state index in [4.69, 9.17) is 9.15 Å². The third-order valence-electron chi connectivity index (χ3n) is 3.35. The summed E-state index contributed by atoms with van der Waals surface area (Å²) in [6.07, 6.45) is 4.39. The summed E-state index contributed by atoms with van der Waals surface area (Å²) >= 11 is 0. The van der Waals surface area contributed by atoms with Crippen molar-refractivity contribution in [2.24, 2.45) is 0 Å². The molecule has 1 aromatic rings. The van der Waals surface area contributed by atoms with E-state index in [2.05, 4.69) is 10.6 Å². The van der Waals surface area contributed by atoms with Crippen molar-refractivity contribution in [1.29, 1.82) is 0 Å². The molecule has 2 atom stereocenters. The maximum Gasteiger partial charge on any atom is 0.309 e. The van der Waals surface area contributed by atoms with Gasteiger partial charge in [-0.05, 0) is 25.3 Å². The molecule has 7 nitrogen and oxygen atoms in total. The van der Waals surface area contributed by atoms with Crippen LogP contribution in [0.3, 0.4) is 0 Å². The molecule has 3 N–H and O–H groups in total. The third-order valence-corrected chi connectivity index (χ3v) is 3.35. The fourth-order valence-corrected chi connectivity index (χ4v) is 2.13. The molecule has 0 saturated carbocycles. The molecule has 1 aliphatic rings. The van der Waals surface area contributed by atoms with Crippen LogP contribution in [-0.4, -0.2) is 42.7 Å². The highest BCUT2D eigenvalue weighted by Gasteiger charge is 2.19. The largest absolute Gasteiger partial charge is 0.472 e. The van der Waals surface area contributed by atoms with Crippen LogP contribution in [-0.2, 0) is 14.3 Å². The number of nitrogens with one attached hydrogen (secondary N) is 2. The molecule has 0 radical (unpaired) electrons. The first kappa shape index (κ1) is 15.5. The Labute approximate surface area is 122 Å². The molecule has 2 amide bonds. The Hall–Kier alpha value is -1.86. The summed E-state index contributed by atoms with van der Waals surface area (Å²) in [4.78, 5) is 23.1. The predicted molar refractivity (Wildman–Crippen MR) is 73.3 cm³/mol. The molecule has 2 rings (SSSR count). The molecule has 1 aromatic heterocycles. The van der Waals surface area contributed by atoms with E-state index in [1.54, 1.807) is 6.07 Å². The van der Waals surface area contributed by atoms with E-state index < -0.39 is 17.9 Å². The summed E-state index contributed by atoms with van der Waals surface area (Å²) in [7, 11) is 0. The van der Waals surface area contributed by atoms with Crippen molar-refractivity contribution in [3.63, 3.8) is 0 Å². The Morgan fingerprint density at radius 1 is 1.38 bits per heavy atom. The quantitative estimate of drug-likeness (QED) is 0.647. The summed E-state index contributed by atoms with van der Waals surface area (Å²) in [6.45, 7) is 1.26. The van der Waals surface area contributed by atoms with E-state index in [0.29, 0.717) is 25.1 Å². The molecule has 0 aromatic carbocycles. The first-order chi connectivity index (χ1) is 10.2. The Morgan fingerprint density at radius 2 is 2.19 bits per heavy atom. The van der Waals surface area contributed by atoms with Gasteiger partial charge in [0.25, 0.3) is 0 Å².